The van der Waals surface area contributed by atoms with E-state index in [0.29, 0.717) is 0 Å². The SMILES string of the molecule is O=C1N=CN=C2CN(Cc3ccccc3)CCC12. The first-order chi connectivity index (χ1) is 8.83. The van der Waals surface area contributed by atoms with Gasteiger partial charge in [0.25, 0.3) is 5.91 Å². The minimum Gasteiger partial charge on any atom is -0.294 e. The molecule has 0 N–H and O–H groups in total. The van der Waals surface area contributed by atoms with E-state index in [-0.39, 0.29) is 11.8 Å². The van der Waals surface area contributed by atoms with E-state index < -0.39 is 0 Å². The van der Waals surface area contributed by atoms with Crippen molar-refractivity contribution in [1.82, 2.24) is 4.90 Å². The fourth-order valence-electron chi connectivity index (χ4n) is 2.52. The number of hydrogen-bond acceptors (Lipinski definition) is 3. The molecule has 4 nitrogen and oxygen atoms in total. The molecule has 0 spiro atoms. The molecule has 0 bridgehead atoms. The number of carbonyl (C=O) groups excluding carboxylic acids is 1. The van der Waals surface area contributed by atoms with Crippen LogP contribution in [0.15, 0.2) is 40.3 Å². The normalized spacial score (nSPS) is 23.7. The molecule has 2 aliphatic heterocycles. The fourth-order valence-corrected chi connectivity index (χ4v) is 2.52. The van der Waals surface area contributed by atoms with Crippen LogP contribution >= 0.6 is 0 Å². The van der Waals surface area contributed by atoms with Crippen molar-refractivity contribution in [3.8, 4) is 0 Å². The van der Waals surface area contributed by atoms with Crippen molar-refractivity contribution in [2.45, 2.75) is 13.0 Å². The van der Waals surface area contributed by atoms with Crippen LogP contribution < -0.4 is 0 Å². The average Bonchev–Trinajstić information content (AvgIpc) is 2.40. The number of carbonyl (C=O) groups is 1. The summed E-state index contributed by atoms with van der Waals surface area (Å²) in [7, 11) is 0. The molecule has 0 aliphatic carbocycles. The lowest BCUT2D eigenvalue weighted by Gasteiger charge is -2.32. The topological polar surface area (TPSA) is 45.0 Å². The minimum atomic E-state index is -0.0676. The van der Waals surface area contributed by atoms with E-state index in [1.165, 1.54) is 11.9 Å². The van der Waals surface area contributed by atoms with E-state index in [2.05, 4.69) is 39.2 Å². The van der Waals surface area contributed by atoms with Crippen LogP contribution in [0.2, 0.25) is 0 Å². The Morgan fingerprint density at radius 3 is 2.94 bits per heavy atom. The number of benzene rings is 1. The highest BCUT2D eigenvalue weighted by molar-refractivity contribution is 6.12. The van der Waals surface area contributed by atoms with Gasteiger partial charge in [0.1, 0.15) is 6.34 Å². The van der Waals surface area contributed by atoms with Crippen LogP contribution in [0.3, 0.4) is 0 Å². The van der Waals surface area contributed by atoms with Crippen molar-refractivity contribution < 1.29 is 4.79 Å². The van der Waals surface area contributed by atoms with Gasteiger partial charge in [-0.05, 0) is 12.0 Å². The molecule has 1 saturated heterocycles. The number of nitrogens with zero attached hydrogens (tertiary/aromatic N) is 3. The molecule has 1 unspecified atom stereocenters. The third-order valence-corrected chi connectivity index (χ3v) is 3.48. The molecule has 4 heteroatoms. The van der Waals surface area contributed by atoms with Gasteiger partial charge in [-0.25, -0.2) is 9.98 Å². The first-order valence-electron chi connectivity index (χ1n) is 6.22. The smallest absolute Gasteiger partial charge is 0.256 e. The fraction of sp³-hybridized carbons (Fsp3) is 0.357. The lowest BCUT2D eigenvalue weighted by molar-refractivity contribution is -0.120. The Kier molecular flexibility index (Phi) is 3.02. The van der Waals surface area contributed by atoms with Crippen LogP contribution in [0.25, 0.3) is 0 Å². The molecule has 1 aromatic carbocycles. The third kappa shape index (κ3) is 2.24. The van der Waals surface area contributed by atoms with Gasteiger partial charge in [0, 0.05) is 25.3 Å². The first kappa shape index (κ1) is 11.3. The summed E-state index contributed by atoms with van der Waals surface area (Å²) >= 11 is 0. The van der Waals surface area contributed by atoms with Crippen molar-refractivity contribution >= 4 is 18.0 Å². The Balaban J connectivity index is 1.69. The van der Waals surface area contributed by atoms with Gasteiger partial charge >= 0.3 is 0 Å². The van der Waals surface area contributed by atoms with E-state index in [0.717, 1.165) is 31.8 Å². The number of piperidine rings is 1. The van der Waals surface area contributed by atoms with Gasteiger partial charge in [-0.1, -0.05) is 30.3 Å². The highest BCUT2D eigenvalue weighted by atomic mass is 16.1. The molecular weight excluding hydrogens is 226 g/mol. The molecular formula is C14H15N3O. The highest BCUT2D eigenvalue weighted by Gasteiger charge is 2.31. The summed E-state index contributed by atoms with van der Waals surface area (Å²) < 4.78 is 0. The summed E-state index contributed by atoms with van der Waals surface area (Å²) in [5.74, 6) is -0.0959. The van der Waals surface area contributed by atoms with Crippen LogP contribution in [-0.4, -0.2) is 35.9 Å². The maximum atomic E-state index is 11.6. The van der Waals surface area contributed by atoms with Gasteiger partial charge in [0.15, 0.2) is 0 Å². The Bertz CT molecular complexity index is 507. The molecule has 0 saturated carbocycles. The highest BCUT2D eigenvalue weighted by Crippen LogP contribution is 2.20. The van der Waals surface area contributed by atoms with Crippen molar-refractivity contribution in [3.63, 3.8) is 0 Å². The van der Waals surface area contributed by atoms with Gasteiger partial charge in [0.2, 0.25) is 0 Å². The minimum absolute atomic E-state index is 0.0284. The molecule has 3 rings (SSSR count). The second-order valence-corrected chi connectivity index (χ2v) is 4.74. The Morgan fingerprint density at radius 1 is 1.28 bits per heavy atom. The maximum Gasteiger partial charge on any atom is 0.256 e. The van der Waals surface area contributed by atoms with Crippen LogP contribution in [0.5, 0.6) is 0 Å². The van der Waals surface area contributed by atoms with Gasteiger partial charge < -0.3 is 0 Å². The van der Waals surface area contributed by atoms with E-state index in [1.807, 2.05) is 6.07 Å². The van der Waals surface area contributed by atoms with E-state index in [4.69, 9.17) is 0 Å². The standard InChI is InChI=1S/C14H15N3O/c18-14-12-6-7-17(9-13(12)15-10-16-14)8-11-4-2-1-3-5-11/h1-5,10,12H,6-9H2. The summed E-state index contributed by atoms with van der Waals surface area (Å²) in [6.45, 7) is 2.62. The molecule has 2 aliphatic rings. The average molecular weight is 241 g/mol. The summed E-state index contributed by atoms with van der Waals surface area (Å²) in [5.41, 5.74) is 2.27. The van der Waals surface area contributed by atoms with Crippen molar-refractivity contribution in [1.29, 1.82) is 0 Å². The first-order valence-corrected chi connectivity index (χ1v) is 6.22. The van der Waals surface area contributed by atoms with Crippen LogP contribution in [0.1, 0.15) is 12.0 Å². The zero-order valence-electron chi connectivity index (χ0n) is 10.1. The maximum absolute atomic E-state index is 11.6. The molecule has 1 aromatic rings. The van der Waals surface area contributed by atoms with Gasteiger partial charge in [-0.15, -0.1) is 0 Å². The molecule has 1 amide bonds. The number of amides is 1. The molecule has 1 fully saturated rings. The summed E-state index contributed by atoms with van der Waals surface area (Å²) in [4.78, 5) is 21.9. The predicted molar refractivity (Wildman–Crippen MR) is 70.8 cm³/mol. The van der Waals surface area contributed by atoms with Gasteiger partial charge in [0.05, 0.1) is 5.92 Å². The van der Waals surface area contributed by atoms with E-state index >= 15 is 0 Å². The number of hydrogen-bond donors (Lipinski definition) is 0. The van der Waals surface area contributed by atoms with Gasteiger partial charge in [-0.3, -0.25) is 9.69 Å². The van der Waals surface area contributed by atoms with E-state index in [9.17, 15) is 4.79 Å². The predicted octanol–water partition coefficient (Wildman–Crippen LogP) is 1.52. The third-order valence-electron chi connectivity index (χ3n) is 3.48. The number of rotatable bonds is 2. The molecule has 18 heavy (non-hydrogen) atoms. The zero-order valence-corrected chi connectivity index (χ0v) is 10.1. The summed E-state index contributed by atoms with van der Waals surface area (Å²) in [5, 5.41) is 0. The van der Waals surface area contributed by atoms with Gasteiger partial charge in [-0.2, -0.15) is 0 Å². The second kappa shape index (κ2) is 4.82. The lowest BCUT2D eigenvalue weighted by Crippen LogP contribution is -2.44. The molecule has 0 aromatic heterocycles. The zero-order chi connectivity index (χ0) is 12.4. The number of aliphatic imine (C=N–C) groups is 2. The summed E-state index contributed by atoms with van der Waals surface area (Å²) in [6, 6.07) is 10.4. The molecule has 92 valence electrons. The van der Waals surface area contributed by atoms with Crippen molar-refractivity contribution in [3.05, 3.63) is 35.9 Å². The quantitative estimate of drug-likeness (QED) is 0.788. The largest absolute Gasteiger partial charge is 0.294 e. The Labute approximate surface area is 106 Å². The monoisotopic (exact) mass is 241 g/mol. The van der Waals surface area contributed by atoms with Crippen LogP contribution in [0, 0.1) is 5.92 Å². The van der Waals surface area contributed by atoms with E-state index in [1.54, 1.807) is 0 Å². The Morgan fingerprint density at radius 2 is 2.11 bits per heavy atom. The number of fused-ring (bicyclic) bond motifs is 1. The van der Waals surface area contributed by atoms with Crippen molar-refractivity contribution in [2.24, 2.45) is 15.9 Å². The summed E-state index contributed by atoms with van der Waals surface area (Å²) in [6.07, 6.45) is 2.22. The van der Waals surface area contributed by atoms with Crippen molar-refractivity contribution in [2.75, 3.05) is 13.1 Å². The Hall–Kier alpha value is -1.81. The number of likely N-dealkylation sites (tertiary alicyclic amines) is 1. The van der Waals surface area contributed by atoms with Crippen LogP contribution in [0.4, 0.5) is 0 Å². The molecule has 2 heterocycles. The second-order valence-electron chi connectivity index (χ2n) is 4.74. The van der Waals surface area contributed by atoms with Crippen LogP contribution in [-0.2, 0) is 11.3 Å². The molecule has 1 atom stereocenters. The molecule has 0 radical (unpaired) electrons. The lowest BCUT2D eigenvalue weighted by atomic mass is 9.93.